The number of carbonyl (C=O) groups excluding carboxylic acids is 1. The molecule has 0 aliphatic heterocycles. The van der Waals surface area contributed by atoms with Crippen LogP contribution in [-0.2, 0) is 135 Å². The highest BCUT2D eigenvalue weighted by molar-refractivity contribution is 8.01. The Bertz CT molecular complexity index is 7110. The first kappa shape index (κ1) is 109. The third-order valence-electron chi connectivity index (χ3n) is 20.5. The number of carbonyl (C=O) groups is 1. The summed E-state index contributed by atoms with van der Waals surface area (Å²) in [7, 11) is -5.54. The van der Waals surface area contributed by atoms with Crippen LogP contribution in [0.5, 0.6) is 0 Å². The second-order valence-corrected chi connectivity index (χ2v) is 46.3. The average Bonchev–Trinajstić information content (AvgIpc) is 0.779. The molecular weight excluding hydrogens is 1940 g/mol. The SMILES string of the molecule is C=S(C)(=O)N(C)c1ncccc1CCc1nc(Nc2cccc(S(=O)(=O)N(C)C)c2)ncc1C(F)(F)F.C=S(C)(=O)N(C)c1ncccc1CCc1nc(Nc2ccccc2C)ncc1C(F)(F)F.C=S(C)(=O)c1cccc(CCc2nc(Nc3ccc(C(=O)N(C)C)cc3)ncc2C(F)(F)F)c1.C=S(C)(=O)c1cccc(CCc2nc(Nc3cccc(S(=O)(=O)N(C)C)c3)ncc2C(F)(F)F)c1. The van der Waals surface area contributed by atoms with Gasteiger partial charge in [-0.3, -0.25) is 21.8 Å². The van der Waals surface area contributed by atoms with Gasteiger partial charge in [-0.2, -0.15) is 52.7 Å². The predicted octanol–water partition coefficient (Wildman–Crippen LogP) is 16.2. The van der Waals surface area contributed by atoms with Gasteiger partial charge in [-0.25, -0.2) is 83.7 Å². The number of rotatable bonds is 31. The molecule has 738 valence electrons. The molecule has 0 spiro atoms. The van der Waals surface area contributed by atoms with Crippen molar-refractivity contribution in [3.8, 4) is 0 Å². The maximum atomic E-state index is 13.7. The van der Waals surface area contributed by atoms with Crippen molar-refractivity contribution in [2.75, 3.05) is 111 Å². The van der Waals surface area contributed by atoms with Crippen molar-refractivity contribution in [3.05, 3.63) is 285 Å². The summed E-state index contributed by atoms with van der Waals surface area (Å²) in [5.41, 5.74) is 1.38. The number of sulfonamides is 2. The maximum Gasteiger partial charge on any atom is 0.419 e. The third-order valence-corrected chi connectivity index (χ3v) is 29.3. The van der Waals surface area contributed by atoms with Crippen LogP contribution in [-0.4, -0.2) is 208 Å². The number of aryl methyl sites for hydroxylation is 9. The molecule has 0 aliphatic rings. The number of nitrogens with one attached hydrogen (secondary N) is 4. The molecule has 4 unspecified atom stereocenters. The number of nitrogens with zero attached hydrogens (tertiary/aromatic N) is 15. The highest BCUT2D eigenvalue weighted by atomic mass is 32.2. The van der Waals surface area contributed by atoms with Crippen LogP contribution in [0.3, 0.4) is 0 Å². The molecule has 138 heavy (non-hydrogen) atoms. The standard InChI is InChI=1S/C24H25F3N4O2S.C23H27F3N6O3S2.C23H25F3N4O3S2.C22H24F3N5OS/c1-31(2)22(32)17-9-11-18(12-10-17)29-23-28-15-20(24(25,26)27)21(30-23)13-8-16-6-5-7-19(14-16)34(3,4)33;1-31(2)37(34,35)18-10-6-9-17(14-18)29-22-28-15-19(23(24,25)26)20(30-22)12-11-16-8-7-13-27-21(16)32(3)36(4,5)33;1-30(2)35(32,33)19-10-6-8-17(14-19)28-22-27-15-20(23(24,25)26)21(29-22)12-11-16-7-5-9-18(13-16)34(3,4)31;1-15-8-5-6-10-18(15)28-21-27-14-17(22(23,24)25)19(29-21)12-11-16-9-7-13-26-20(16)30(2)32(3,4)31/h5-7,9-12,14-15H,3,8,13H2,1-2,4H3,(H,28,29,30);6-10,13-15H,4,11-12H2,1-3,5H3,(H,28,29,30);5-10,13-15H,3,11-12H2,1-2,4H3,(H,27,28,29);5-10,13-14H,3,11-12H2,1-2,4H3,(H,27,28,29). The lowest BCUT2D eigenvalue weighted by atomic mass is 10.1. The Morgan fingerprint density at radius 2 is 0.667 bits per heavy atom. The summed E-state index contributed by atoms with van der Waals surface area (Å²) in [5, 5.41) is 11.4. The van der Waals surface area contributed by atoms with E-state index in [9.17, 15) is 91.2 Å². The minimum atomic E-state index is -4.69. The van der Waals surface area contributed by atoms with Gasteiger partial charge >= 0.3 is 24.7 Å². The Hall–Kier alpha value is -12.7. The molecule has 0 fully saturated rings. The summed E-state index contributed by atoms with van der Waals surface area (Å²) in [6.45, 7) is 1.88. The van der Waals surface area contributed by atoms with E-state index in [1.807, 2.05) is 25.1 Å². The molecule has 6 aromatic carbocycles. The predicted molar refractivity (Wildman–Crippen MR) is 521 cm³/mol. The van der Waals surface area contributed by atoms with Crippen molar-refractivity contribution < 1.29 is 91.2 Å². The Kier molecular flexibility index (Phi) is 35.4. The van der Waals surface area contributed by atoms with Crippen LogP contribution in [0.15, 0.2) is 227 Å². The average molecular weight is 2040 g/mol. The van der Waals surface area contributed by atoms with Crippen molar-refractivity contribution in [1.82, 2.24) is 63.4 Å². The first-order valence-electron chi connectivity index (χ1n) is 41.1. The third kappa shape index (κ3) is 30.4. The number of hydrogen-bond donors (Lipinski definition) is 4. The van der Waals surface area contributed by atoms with Crippen molar-refractivity contribution in [3.63, 3.8) is 0 Å². The molecule has 0 saturated heterocycles. The van der Waals surface area contributed by atoms with E-state index in [-0.39, 0.29) is 119 Å². The van der Waals surface area contributed by atoms with E-state index in [1.165, 1.54) is 116 Å². The molecule has 6 heterocycles. The number of alkyl halides is 12. The first-order chi connectivity index (χ1) is 64.1. The van der Waals surface area contributed by atoms with E-state index in [0.29, 0.717) is 73.1 Å². The Balaban J connectivity index is 0.000000206. The molecule has 12 rings (SSSR count). The lowest BCUT2D eigenvalue weighted by Crippen LogP contribution is -2.26. The number of pyridine rings is 2. The van der Waals surface area contributed by atoms with E-state index in [1.54, 1.807) is 143 Å². The molecule has 4 N–H and O–H groups in total. The smallest absolute Gasteiger partial charge is 0.345 e. The van der Waals surface area contributed by atoms with Gasteiger partial charge in [0.2, 0.25) is 43.8 Å². The van der Waals surface area contributed by atoms with Crippen LogP contribution in [0.25, 0.3) is 0 Å². The number of anilines is 10. The van der Waals surface area contributed by atoms with Gasteiger partial charge < -0.3 is 26.2 Å². The lowest BCUT2D eigenvalue weighted by Gasteiger charge is -2.22. The summed E-state index contributed by atoms with van der Waals surface area (Å²) in [5.74, 6) is 15.0. The van der Waals surface area contributed by atoms with Gasteiger partial charge in [0.25, 0.3) is 5.91 Å². The molecule has 46 heteroatoms. The van der Waals surface area contributed by atoms with E-state index in [2.05, 4.69) is 94.6 Å². The maximum absolute atomic E-state index is 13.7. The normalized spacial score (nSPS) is 13.6. The highest BCUT2D eigenvalue weighted by Crippen LogP contribution is 2.39. The summed E-state index contributed by atoms with van der Waals surface area (Å²) < 4.78 is 267. The fourth-order valence-corrected chi connectivity index (χ4v) is 17.3. The molecule has 6 aromatic heterocycles. The zero-order valence-electron chi connectivity index (χ0n) is 77.0. The number of para-hydroxylation sites is 1. The summed E-state index contributed by atoms with van der Waals surface area (Å²) in [4.78, 5) is 54.7. The van der Waals surface area contributed by atoms with Crippen molar-refractivity contribution in [2.24, 2.45) is 0 Å². The molecule has 12 aromatic rings. The van der Waals surface area contributed by atoms with Crippen LogP contribution >= 0.6 is 0 Å². The van der Waals surface area contributed by atoms with Crippen LogP contribution in [0.4, 0.5) is 111 Å². The van der Waals surface area contributed by atoms with Gasteiger partial charge in [0.05, 0.1) is 54.8 Å². The van der Waals surface area contributed by atoms with Crippen LogP contribution in [0, 0.1) is 6.92 Å². The van der Waals surface area contributed by atoms with Gasteiger partial charge in [0, 0.05) is 176 Å². The molecule has 28 nitrogen and oxygen atoms in total. The Labute approximate surface area is 794 Å². The van der Waals surface area contributed by atoms with Gasteiger partial charge in [0.15, 0.2) is 0 Å². The minimum Gasteiger partial charge on any atom is -0.345 e. The summed E-state index contributed by atoms with van der Waals surface area (Å²) in [6, 6.07) is 45.8. The monoisotopic (exact) mass is 2040 g/mol. The minimum absolute atomic E-state index is 0.000722. The number of halogens is 12. The Morgan fingerprint density at radius 3 is 0.986 bits per heavy atom. The van der Waals surface area contributed by atoms with E-state index in [4.69, 9.17) is 0 Å². The highest BCUT2D eigenvalue weighted by Gasteiger charge is 2.39. The van der Waals surface area contributed by atoms with Crippen LogP contribution in [0.2, 0.25) is 0 Å². The summed E-state index contributed by atoms with van der Waals surface area (Å²) >= 11 is 0. The van der Waals surface area contributed by atoms with Gasteiger partial charge in [-0.05, 0) is 232 Å². The Morgan fingerprint density at radius 1 is 0.348 bits per heavy atom. The van der Waals surface area contributed by atoms with Gasteiger partial charge in [-0.1, -0.05) is 66.7 Å². The number of benzene rings is 6. The topological polar surface area (TPSA) is 347 Å². The van der Waals surface area contributed by atoms with Gasteiger partial charge in [0.1, 0.15) is 11.6 Å². The molecular formula is C92H101F12N19O9S6. The number of amides is 1. The van der Waals surface area contributed by atoms with E-state index < -0.39 is 105 Å². The molecule has 0 saturated carbocycles. The molecule has 4 atom stereocenters. The number of hydrogen-bond acceptors (Lipinski definition) is 23. The van der Waals surface area contributed by atoms with Crippen molar-refractivity contribution in [2.45, 2.75) is 103 Å². The summed E-state index contributed by atoms with van der Waals surface area (Å²) in [6.07, 6.45) is -5.95. The fraction of sp³-hybridized carbons (Fsp3) is 0.272. The second-order valence-electron chi connectivity index (χ2n) is 32.1. The molecule has 0 radical (unpaired) electrons. The van der Waals surface area contributed by atoms with Crippen LogP contribution < -0.4 is 29.9 Å². The quantitative estimate of drug-likeness (QED) is 0.0232. The zero-order valence-corrected chi connectivity index (χ0v) is 81.9. The second kappa shape index (κ2) is 44.8. The largest absolute Gasteiger partial charge is 0.419 e. The first-order valence-corrected chi connectivity index (χ1v) is 52.5. The molecule has 0 bridgehead atoms. The van der Waals surface area contributed by atoms with Crippen molar-refractivity contribution >= 4 is 146 Å². The zero-order chi connectivity index (χ0) is 102. The van der Waals surface area contributed by atoms with Crippen molar-refractivity contribution in [1.29, 1.82) is 0 Å². The fourth-order valence-electron chi connectivity index (χ4n) is 12.8. The molecule has 0 aliphatic carbocycles. The lowest BCUT2D eigenvalue weighted by molar-refractivity contribution is -0.139. The van der Waals surface area contributed by atoms with Gasteiger partial charge in [-0.15, -0.1) is 0 Å². The molecule has 1 amide bonds. The van der Waals surface area contributed by atoms with Crippen LogP contribution in [0.1, 0.15) is 83.2 Å². The number of aromatic nitrogens is 10. The van der Waals surface area contributed by atoms with E-state index >= 15 is 0 Å². The van der Waals surface area contributed by atoms with E-state index in [0.717, 1.165) is 32.1 Å².